The number of aryl methyl sites for hydroxylation is 1. The molecule has 0 saturated heterocycles. The lowest BCUT2D eigenvalue weighted by atomic mass is 9.85. The van der Waals surface area contributed by atoms with Crippen LogP contribution in [0.2, 0.25) is 0 Å². The summed E-state index contributed by atoms with van der Waals surface area (Å²) in [5, 5.41) is 11.1. The Morgan fingerprint density at radius 2 is 2.12 bits per heavy atom. The van der Waals surface area contributed by atoms with Gasteiger partial charge in [0.25, 0.3) is 0 Å². The molecule has 0 radical (unpaired) electrons. The van der Waals surface area contributed by atoms with Gasteiger partial charge in [0.2, 0.25) is 0 Å². The molecule has 6 heteroatoms. The van der Waals surface area contributed by atoms with Crippen LogP contribution < -0.4 is 10.6 Å². The Morgan fingerprint density at radius 3 is 2.76 bits per heavy atom. The number of aromatic nitrogens is 2. The van der Waals surface area contributed by atoms with Crippen LogP contribution in [-0.4, -0.2) is 34.9 Å². The normalized spacial score (nSPS) is 17.0. The van der Waals surface area contributed by atoms with Crippen LogP contribution in [0.5, 0.6) is 0 Å². The summed E-state index contributed by atoms with van der Waals surface area (Å²) in [7, 11) is 1.95. The standard InChI is InChI=1S/C19H35N5.HI/c1-4-20-19(21-13-12-18-14-22-24(3)15-18)23-16(2)10-11-17-8-6-5-7-9-17;/h14-17H,4-13H2,1-3H3,(H2,20,21,23);1H. The van der Waals surface area contributed by atoms with Crippen LogP contribution in [0.3, 0.4) is 0 Å². The molecule has 144 valence electrons. The number of guanidine groups is 1. The highest BCUT2D eigenvalue weighted by Gasteiger charge is 2.15. The first-order chi connectivity index (χ1) is 11.7. The fourth-order valence-electron chi connectivity index (χ4n) is 3.48. The monoisotopic (exact) mass is 461 g/mol. The van der Waals surface area contributed by atoms with Crippen molar-refractivity contribution in [3.63, 3.8) is 0 Å². The third-order valence-electron chi connectivity index (χ3n) is 4.89. The minimum atomic E-state index is 0. The fourth-order valence-corrected chi connectivity index (χ4v) is 3.48. The van der Waals surface area contributed by atoms with Crippen LogP contribution in [0, 0.1) is 5.92 Å². The van der Waals surface area contributed by atoms with Gasteiger partial charge < -0.3 is 10.6 Å². The quantitative estimate of drug-likeness (QED) is 0.351. The lowest BCUT2D eigenvalue weighted by Crippen LogP contribution is -2.42. The van der Waals surface area contributed by atoms with Crippen molar-refractivity contribution in [1.82, 2.24) is 20.4 Å². The summed E-state index contributed by atoms with van der Waals surface area (Å²) in [4.78, 5) is 4.71. The highest BCUT2D eigenvalue weighted by molar-refractivity contribution is 14.0. The van der Waals surface area contributed by atoms with Gasteiger partial charge in [0, 0.05) is 32.4 Å². The zero-order chi connectivity index (χ0) is 17.2. The molecule has 1 aliphatic carbocycles. The van der Waals surface area contributed by atoms with Gasteiger partial charge in [0.05, 0.1) is 6.20 Å². The van der Waals surface area contributed by atoms with Gasteiger partial charge in [-0.15, -0.1) is 24.0 Å². The number of hydrogen-bond donors (Lipinski definition) is 2. The second-order valence-electron chi connectivity index (χ2n) is 7.16. The van der Waals surface area contributed by atoms with Crippen molar-refractivity contribution in [1.29, 1.82) is 0 Å². The average molecular weight is 461 g/mol. The van der Waals surface area contributed by atoms with Crippen LogP contribution >= 0.6 is 24.0 Å². The molecule has 1 heterocycles. The maximum atomic E-state index is 4.71. The number of halogens is 1. The van der Waals surface area contributed by atoms with Crippen molar-refractivity contribution >= 4 is 29.9 Å². The van der Waals surface area contributed by atoms with Crippen molar-refractivity contribution in [3.8, 4) is 0 Å². The molecule has 1 atom stereocenters. The molecule has 1 fully saturated rings. The van der Waals surface area contributed by atoms with E-state index in [1.165, 1.54) is 50.5 Å². The summed E-state index contributed by atoms with van der Waals surface area (Å²) < 4.78 is 1.84. The Morgan fingerprint density at radius 1 is 1.36 bits per heavy atom. The van der Waals surface area contributed by atoms with Crippen LogP contribution in [0.4, 0.5) is 0 Å². The van der Waals surface area contributed by atoms with E-state index in [0.29, 0.717) is 6.04 Å². The van der Waals surface area contributed by atoms with Crippen LogP contribution in [0.25, 0.3) is 0 Å². The predicted molar refractivity (Wildman–Crippen MR) is 117 cm³/mol. The molecule has 1 aliphatic rings. The second kappa shape index (κ2) is 12.5. The molecule has 0 spiro atoms. The smallest absolute Gasteiger partial charge is 0.191 e. The highest BCUT2D eigenvalue weighted by Crippen LogP contribution is 2.27. The second-order valence-corrected chi connectivity index (χ2v) is 7.16. The van der Waals surface area contributed by atoms with E-state index >= 15 is 0 Å². The number of aliphatic imine (C=N–C) groups is 1. The summed E-state index contributed by atoms with van der Waals surface area (Å²) in [6.07, 6.45) is 14.7. The van der Waals surface area contributed by atoms with E-state index in [1.807, 2.05) is 17.9 Å². The van der Waals surface area contributed by atoms with Gasteiger partial charge in [0.1, 0.15) is 0 Å². The topological polar surface area (TPSA) is 54.2 Å². The molecule has 1 aromatic heterocycles. The lowest BCUT2D eigenvalue weighted by Gasteiger charge is -2.24. The summed E-state index contributed by atoms with van der Waals surface area (Å²) in [5.74, 6) is 1.89. The van der Waals surface area contributed by atoms with Crippen molar-refractivity contribution in [2.75, 3.05) is 13.1 Å². The molecule has 0 amide bonds. The van der Waals surface area contributed by atoms with E-state index in [9.17, 15) is 0 Å². The van der Waals surface area contributed by atoms with Crippen LogP contribution in [0.15, 0.2) is 17.4 Å². The largest absolute Gasteiger partial charge is 0.357 e. The number of nitrogens with zero attached hydrogens (tertiary/aromatic N) is 3. The third kappa shape index (κ3) is 8.92. The van der Waals surface area contributed by atoms with E-state index in [2.05, 4.69) is 35.8 Å². The fraction of sp³-hybridized carbons (Fsp3) is 0.789. The van der Waals surface area contributed by atoms with Gasteiger partial charge in [0.15, 0.2) is 5.96 Å². The summed E-state index contributed by atoms with van der Waals surface area (Å²) in [6.45, 7) is 6.08. The molecule has 2 N–H and O–H groups in total. The minimum absolute atomic E-state index is 0. The predicted octanol–water partition coefficient (Wildman–Crippen LogP) is 3.88. The Balaban J connectivity index is 0.00000312. The van der Waals surface area contributed by atoms with E-state index < -0.39 is 0 Å². The van der Waals surface area contributed by atoms with Crippen LogP contribution in [0.1, 0.15) is 64.4 Å². The van der Waals surface area contributed by atoms with E-state index in [-0.39, 0.29) is 24.0 Å². The zero-order valence-corrected chi connectivity index (χ0v) is 18.5. The molecule has 1 unspecified atom stereocenters. The molecular formula is C19H36IN5. The first-order valence-corrected chi connectivity index (χ1v) is 9.69. The third-order valence-corrected chi connectivity index (χ3v) is 4.89. The molecule has 1 aromatic rings. The number of hydrogen-bond acceptors (Lipinski definition) is 2. The van der Waals surface area contributed by atoms with E-state index in [4.69, 9.17) is 4.99 Å². The zero-order valence-electron chi connectivity index (χ0n) is 16.1. The molecule has 0 bridgehead atoms. The van der Waals surface area contributed by atoms with Gasteiger partial charge >= 0.3 is 0 Å². The Labute approximate surface area is 170 Å². The Kier molecular flexibility index (Phi) is 11.2. The van der Waals surface area contributed by atoms with Crippen molar-refractivity contribution < 1.29 is 0 Å². The highest BCUT2D eigenvalue weighted by atomic mass is 127. The molecule has 0 aliphatic heterocycles. The molecule has 5 nitrogen and oxygen atoms in total. The van der Waals surface area contributed by atoms with Gasteiger partial charge in [-0.3, -0.25) is 9.67 Å². The molecule has 2 rings (SSSR count). The Bertz CT molecular complexity index is 494. The van der Waals surface area contributed by atoms with Gasteiger partial charge in [-0.2, -0.15) is 5.10 Å². The van der Waals surface area contributed by atoms with Gasteiger partial charge in [-0.25, -0.2) is 0 Å². The first-order valence-electron chi connectivity index (χ1n) is 9.69. The van der Waals surface area contributed by atoms with Crippen molar-refractivity contribution in [2.24, 2.45) is 18.0 Å². The van der Waals surface area contributed by atoms with Crippen molar-refractivity contribution in [2.45, 2.75) is 71.3 Å². The van der Waals surface area contributed by atoms with E-state index in [1.54, 1.807) is 0 Å². The average Bonchev–Trinajstić information content (AvgIpc) is 2.99. The van der Waals surface area contributed by atoms with Crippen molar-refractivity contribution in [3.05, 3.63) is 18.0 Å². The van der Waals surface area contributed by atoms with Gasteiger partial charge in [-0.05, 0) is 44.6 Å². The maximum Gasteiger partial charge on any atom is 0.191 e. The van der Waals surface area contributed by atoms with E-state index in [0.717, 1.165) is 31.4 Å². The van der Waals surface area contributed by atoms with Gasteiger partial charge in [-0.1, -0.05) is 32.1 Å². The summed E-state index contributed by atoms with van der Waals surface area (Å²) >= 11 is 0. The Hall–Kier alpha value is -0.790. The number of rotatable bonds is 8. The SMILES string of the molecule is CCNC(=NCCc1cnn(C)c1)NC(C)CCC1CCCCC1.I. The number of nitrogens with one attached hydrogen (secondary N) is 2. The molecule has 0 aromatic carbocycles. The summed E-state index contributed by atoms with van der Waals surface area (Å²) in [6, 6.07) is 0.475. The molecular weight excluding hydrogens is 425 g/mol. The maximum absolute atomic E-state index is 4.71. The summed E-state index contributed by atoms with van der Waals surface area (Å²) in [5.41, 5.74) is 1.24. The first kappa shape index (κ1) is 22.3. The van der Waals surface area contributed by atoms with Crippen LogP contribution in [-0.2, 0) is 13.5 Å². The minimum Gasteiger partial charge on any atom is -0.357 e. The lowest BCUT2D eigenvalue weighted by molar-refractivity contribution is 0.322. The molecule has 1 saturated carbocycles. The molecule has 25 heavy (non-hydrogen) atoms.